The average molecular weight is 1090 g/mol. The van der Waals surface area contributed by atoms with Crippen LogP contribution < -0.4 is 36.7 Å². The highest BCUT2D eigenvalue weighted by Gasteiger charge is 2.51. The van der Waals surface area contributed by atoms with Gasteiger partial charge in [-0.1, -0.05) is 121 Å². The Balaban J connectivity index is 0.927. The third kappa shape index (κ3) is 10.3. The summed E-state index contributed by atoms with van der Waals surface area (Å²) in [4.78, 5) is 56.7. The Labute approximate surface area is 454 Å². The Morgan fingerprint density at radius 3 is 1.57 bits per heavy atom. The summed E-state index contributed by atoms with van der Waals surface area (Å²) in [6.45, 7) is 2.51. The molecule has 0 aliphatic carbocycles. The van der Waals surface area contributed by atoms with Crippen molar-refractivity contribution < 1.29 is 46.4 Å². The lowest BCUT2D eigenvalue weighted by Gasteiger charge is -2.42. The SMILES string of the molecule is COc1ccc(C(OC[C@H]2O[C@@H](n3cc(C)c(=O)[nH]c3=O)C[C@@H]2OP(F)OC[C@H]2O[C@@H](n3cc(C)c(=O)[nH]c3=O)C[C@@H]2OC2(c3ccccc3)c3ccccc3Oc3ccccc32)(c2ccccc2)c2ccc(OC)cc2)cc1. The molecule has 1 unspecified atom stereocenters. The first-order valence-corrected chi connectivity index (χ1v) is 26.7. The molecule has 7 atom stereocenters. The van der Waals surface area contributed by atoms with Gasteiger partial charge in [-0.25, -0.2) is 9.59 Å². The molecule has 19 heteroatoms. The number of aromatic nitrogens is 4. The first-order valence-electron chi connectivity index (χ1n) is 25.7. The van der Waals surface area contributed by atoms with Gasteiger partial charge in [0, 0.05) is 47.5 Å². The van der Waals surface area contributed by atoms with Gasteiger partial charge in [-0.2, -0.15) is 4.20 Å². The van der Waals surface area contributed by atoms with E-state index in [1.807, 2.05) is 158 Å². The van der Waals surface area contributed by atoms with Gasteiger partial charge >= 0.3 is 20.1 Å². The van der Waals surface area contributed by atoms with Crippen LogP contribution in [0.3, 0.4) is 0 Å². The van der Waals surface area contributed by atoms with Crippen molar-refractivity contribution in [2.75, 3.05) is 27.4 Å². The number of para-hydroxylation sites is 2. The number of aromatic amines is 2. The molecular formula is C60H56FN4O13P. The molecule has 79 heavy (non-hydrogen) atoms. The molecular weight excluding hydrogens is 1030 g/mol. The maximum atomic E-state index is 17.1. The Hall–Kier alpha value is -7.80. The fourth-order valence-electron chi connectivity index (χ4n) is 10.8. The Bertz CT molecular complexity index is 3600. The molecule has 0 amide bonds. The molecule has 6 aromatic carbocycles. The van der Waals surface area contributed by atoms with Gasteiger partial charge in [-0.05, 0) is 72.5 Å². The number of hydrogen-bond acceptors (Lipinski definition) is 13. The van der Waals surface area contributed by atoms with E-state index in [2.05, 4.69) is 9.97 Å². The second-order valence-electron chi connectivity index (χ2n) is 19.5. The number of ether oxygens (including phenoxy) is 7. The third-order valence-electron chi connectivity index (χ3n) is 14.7. The average Bonchev–Trinajstić information content (AvgIpc) is 4.01. The molecule has 2 fully saturated rings. The summed E-state index contributed by atoms with van der Waals surface area (Å²) in [5, 5.41) is 0. The van der Waals surface area contributed by atoms with Crippen LogP contribution in [0.2, 0.25) is 0 Å². The third-order valence-corrected chi connectivity index (χ3v) is 15.5. The smallest absolute Gasteiger partial charge is 0.375 e. The maximum Gasteiger partial charge on any atom is 0.375 e. The Kier molecular flexibility index (Phi) is 15.2. The van der Waals surface area contributed by atoms with Gasteiger partial charge in [-0.15, -0.1) is 0 Å². The van der Waals surface area contributed by atoms with Crippen LogP contribution in [0.15, 0.2) is 189 Å². The number of hydrogen-bond donors (Lipinski definition) is 2. The molecule has 3 aliphatic heterocycles. The molecule has 2 aromatic heterocycles. The largest absolute Gasteiger partial charge is 0.497 e. The molecule has 2 saturated heterocycles. The van der Waals surface area contributed by atoms with Crippen molar-refractivity contribution >= 4 is 8.69 Å². The van der Waals surface area contributed by atoms with Crippen molar-refractivity contribution in [1.82, 2.24) is 19.1 Å². The Morgan fingerprint density at radius 2 is 1.05 bits per heavy atom. The van der Waals surface area contributed by atoms with Gasteiger partial charge in [0.2, 0.25) is 0 Å². The number of fused-ring (bicyclic) bond motifs is 2. The van der Waals surface area contributed by atoms with E-state index in [9.17, 15) is 19.2 Å². The summed E-state index contributed by atoms with van der Waals surface area (Å²) in [5.41, 5.74) is -0.233. The minimum atomic E-state index is -3.27. The summed E-state index contributed by atoms with van der Waals surface area (Å²) in [5.74, 6) is 2.37. The number of aryl methyl sites for hydroxylation is 2. The first kappa shape index (κ1) is 53.2. The van der Waals surface area contributed by atoms with Crippen molar-refractivity contribution in [1.29, 1.82) is 0 Å². The Morgan fingerprint density at radius 1 is 0.595 bits per heavy atom. The van der Waals surface area contributed by atoms with E-state index in [1.54, 1.807) is 28.1 Å². The van der Waals surface area contributed by atoms with Crippen molar-refractivity contribution in [2.45, 2.75) is 74.8 Å². The minimum absolute atomic E-state index is 0.0579. The van der Waals surface area contributed by atoms with Crippen molar-refractivity contribution in [3.05, 3.63) is 256 Å². The second-order valence-corrected chi connectivity index (χ2v) is 20.3. The molecule has 0 bridgehead atoms. The predicted octanol–water partition coefficient (Wildman–Crippen LogP) is 9.39. The maximum absolute atomic E-state index is 17.1. The van der Waals surface area contributed by atoms with Crippen LogP contribution in [-0.2, 0) is 39.2 Å². The quantitative estimate of drug-likeness (QED) is 0.0611. The molecule has 0 radical (unpaired) electrons. The molecule has 5 heterocycles. The highest BCUT2D eigenvalue weighted by atomic mass is 31.2. The number of methoxy groups -OCH3 is 2. The van der Waals surface area contributed by atoms with Gasteiger partial charge in [0.25, 0.3) is 11.1 Å². The number of rotatable bonds is 18. The zero-order chi connectivity index (χ0) is 54.8. The van der Waals surface area contributed by atoms with Gasteiger partial charge in [-0.3, -0.25) is 28.7 Å². The topological polar surface area (TPSA) is 193 Å². The predicted molar refractivity (Wildman–Crippen MR) is 290 cm³/mol. The molecule has 2 N–H and O–H groups in total. The second kappa shape index (κ2) is 22.5. The summed E-state index contributed by atoms with van der Waals surface area (Å²) in [6.07, 6.45) is -3.26. The molecule has 406 valence electrons. The van der Waals surface area contributed by atoms with Crippen LogP contribution in [0.4, 0.5) is 4.20 Å². The van der Waals surface area contributed by atoms with Crippen LogP contribution >= 0.6 is 8.69 Å². The first-order chi connectivity index (χ1) is 38.4. The van der Waals surface area contributed by atoms with Crippen LogP contribution in [0, 0.1) is 13.8 Å². The van der Waals surface area contributed by atoms with Crippen LogP contribution in [0.25, 0.3) is 0 Å². The van der Waals surface area contributed by atoms with E-state index >= 15 is 4.20 Å². The molecule has 0 spiro atoms. The van der Waals surface area contributed by atoms with Gasteiger partial charge < -0.3 is 42.2 Å². The summed E-state index contributed by atoms with van der Waals surface area (Å²) in [7, 11) is -0.0995. The summed E-state index contributed by atoms with van der Waals surface area (Å²) < 4.78 is 77.4. The molecule has 0 saturated carbocycles. The van der Waals surface area contributed by atoms with Crippen molar-refractivity contribution in [2.24, 2.45) is 0 Å². The van der Waals surface area contributed by atoms with E-state index in [0.717, 1.165) is 22.3 Å². The lowest BCUT2D eigenvalue weighted by atomic mass is 9.77. The van der Waals surface area contributed by atoms with E-state index in [0.29, 0.717) is 34.1 Å². The summed E-state index contributed by atoms with van der Waals surface area (Å²) in [6, 6.07) is 49.3. The molecule has 17 nitrogen and oxygen atoms in total. The molecule has 8 aromatic rings. The normalized spacial score (nSPS) is 20.7. The summed E-state index contributed by atoms with van der Waals surface area (Å²) >= 11 is 0. The van der Waals surface area contributed by atoms with Crippen molar-refractivity contribution in [3.63, 3.8) is 0 Å². The number of H-pyrrole nitrogens is 2. The van der Waals surface area contributed by atoms with Crippen LogP contribution in [0.5, 0.6) is 23.0 Å². The zero-order valence-corrected chi connectivity index (χ0v) is 44.4. The zero-order valence-electron chi connectivity index (χ0n) is 43.5. The molecule has 3 aliphatic rings. The number of benzene rings is 6. The highest BCUT2D eigenvalue weighted by molar-refractivity contribution is 7.41. The standard InChI is InChI=1S/C60H56FN4O13P/c1-37-33-64(57(68)62-55(37)66)53-31-49(77-60(40-17-9-6-10-18-40)45-19-11-13-21-47(45)74-48-22-14-12-20-46(48)60)52(76-53)36-73-79(61)78-50-32-54(65-34-38(2)56(67)63-58(65)69)75-51(50)35-72-59(39-15-7-5-8-16-39,41-23-27-43(70-3)28-24-41)42-25-29-44(71-4)30-26-42/h5-30,33-34,49-54H,31-32,35-36H2,1-4H3,(H,62,66,68)(H,63,67,69)/t49-,50-,51+,52+,53+,54+,79?/m0/s1. The highest BCUT2D eigenvalue weighted by Crippen LogP contribution is 2.55. The van der Waals surface area contributed by atoms with Crippen LogP contribution in [-0.4, -0.2) is 71.0 Å². The number of nitrogens with zero attached hydrogens (tertiary/aromatic N) is 2. The number of nitrogens with one attached hydrogen (secondary N) is 2. The van der Waals surface area contributed by atoms with E-state index in [1.165, 1.54) is 21.5 Å². The number of halogens is 1. The van der Waals surface area contributed by atoms with Crippen molar-refractivity contribution in [3.8, 4) is 23.0 Å². The van der Waals surface area contributed by atoms with E-state index in [4.69, 9.17) is 42.2 Å². The van der Waals surface area contributed by atoms with Gasteiger partial charge in [0.15, 0.2) is 5.60 Å². The molecule has 11 rings (SSSR count). The fourth-order valence-corrected chi connectivity index (χ4v) is 11.5. The van der Waals surface area contributed by atoms with E-state index < -0.39 is 85.9 Å². The monoisotopic (exact) mass is 1090 g/mol. The fraction of sp³-hybridized carbons (Fsp3) is 0.267. The van der Waals surface area contributed by atoms with E-state index in [-0.39, 0.29) is 30.6 Å². The van der Waals surface area contributed by atoms with Gasteiger partial charge in [0.05, 0.1) is 39.6 Å². The van der Waals surface area contributed by atoms with Crippen LogP contribution in [0.1, 0.15) is 69.8 Å². The lowest BCUT2D eigenvalue weighted by molar-refractivity contribution is -0.102. The van der Waals surface area contributed by atoms with Gasteiger partial charge in [0.1, 0.15) is 53.3 Å². The lowest BCUT2D eigenvalue weighted by Crippen LogP contribution is -2.42. The minimum Gasteiger partial charge on any atom is -0.497 e.